The third kappa shape index (κ3) is 6.49. The molecule has 1 atom stereocenters. The van der Waals surface area contributed by atoms with Crippen LogP contribution in [-0.4, -0.2) is 39.1 Å². The molecule has 2 aromatic rings. The lowest BCUT2D eigenvalue weighted by molar-refractivity contribution is -0.119. The van der Waals surface area contributed by atoms with Crippen molar-refractivity contribution in [3.63, 3.8) is 0 Å². The summed E-state index contributed by atoms with van der Waals surface area (Å²) in [7, 11) is 3.19. The van der Waals surface area contributed by atoms with Crippen LogP contribution in [0.4, 0.5) is 0 Å². The van der Waals surface area contributed by atoms with Gasteiger partial charge in [-0.1, -0.05) is 6.07 Å². The minimum absolute atomic E-state index is 0.0517. The summed E-state index contributed by atoms with van der Waals surface area (Å²) in [5.74, 6) is 2.95. The molecule has 0 radical (unpaired) electrons. The number of ether oxygens (including phenoxy) is 4. The van der Waals surface area contributed by atoms with Gasteiger partial charge in [-0.3, -0.25) is 4.79 Å². The van der Waals surface area contributed by atoms with Crippen molar-refractivity contribution in [2.75, 3.05) is 33.2 Å². The van der Waals surface area contributed by atoms with Crippen molar-refractivity contribution in [1.29, 1.82) is 0 Å². The van der Waals surface area contributed by atoms with Gasteiger partial charge in [-0.05, 0) is 56.7 Å². The van der Waals surface area contributed by atoms with Crippen molar-refractivity contribution in [3.05, 3.63) is 42.0 Å². The molecule has 0 bridgehead atoms. The molecule has 0 saturated carbocycles. The summed E-state index contributed by atoms with van der Waals surface area (Å²) in [5.41, 5.74) is 0.960. The third-order valence-corrected chi connectivity index (χ3v) is 5.16. The van der Waals surface area contributed by atoms with Gasteiger partial charge in [-0.2, -0.15) is 0 Å². The first kappa shape index (κ1) is 22.7. The van der Waals surface area contributed by atoms with E-state index in [2.05, 4.69) is 5.32 Å². The molecule has 2 rings (SSSR count). The van der Waals surface area contributed by atoms with Crippen molar-refractivity contribution < 1.29 is 23.7 Å². The highest BCUT2D eigenvalue weighted by atomic mass is 32.2. The molecule has 6 nitrogen and oxygen atoms in total. The Morgan fingerprint density at radius 2 is 1.59 bits per heavy atom. The van der Waals surface area contributed by atoms with Gasteiger partial charge in [0.05, 0.1) is 39.2 Å². The highest BCUT2D eigenvalue weighted by molar-refractivity contribution is 8.00. The zero-order chi connectivity index (χ0) is 21.2. The molecule has 0 aliphatic heterocycles. The number of rotatable bonds is 11. The maximum absolute atomic E-state index is 12.4. The minimum atomic E-state index is -0.150. The maximum atomic E-state index is 12.4. The summed E-state index contributed by atoms with van der Waals surface area (Å²) in [6, 6.07) is 11.2. The lowest BCUT2D eigenvalue weighted by Gasteiger charge is -2.17. The van der Waals surface area contributed by atoms with E-state index >= 15 is 0 Å². The fourth-order valence-electron chi connectivity index (χ4n) is 2.76. The molecule has 29 heavy (non-hydrogen) atoms. The van der Waals surface area contributed by atoms with Crippen LogP contribution < -0.4 is 24.3 Å². The van der Waals surface area contributed by atoms with Crippen molar-refractivity contribution >= 4 is 17.7 Å². The quantitative estimate of drug-likeness (QED) is 0.542. The second-order valence-corrected chi connectivity index (χ2v) is 7.22. The Kier molecular flexibility index (Phi) is 8.99. The number of carbonyl (C=O) groups is 1. The van der Waals surface area contributed by atoms with Crippen LogP contribution in [0.1, 0.15) is 32.4 Å². The van der Waals surface area contributed by atoms with Gasteiger partial charge >= 0.3 is 0 Å². The van der Waals surface area contributed by atoms with E-state index in [-0.39, 0.29) is 11.9 Å². The molecular formula is C22H29NO5S. The highest BCUT2D eigenvalue weighted by Gasteiger charge is 2.14. The Bertz CT molecular complexity index is 812. The molecule has 0 unspecified atom stereocenters. The molecule has 0 spiro atoms. The van der Waals surface area contributed by atoms with Crippen LogP contribution in [0.5, 0.6) is 23.0 Å². The predicted molar refractivity (Wildman–Crippen MR) is 116 cm³/mol. The summed E-state index contributed by atoms with van der Waals surface area (Å²) >= 11 is 1.44. The first-order chi connectivity index (χ1) is 14.0. The monoisotopic (exact) mass is 419 g/mol. The Morgan fingerprint density at radius 1 is 0.931 bits per heavy atom. The fourth-order valence-corrected chi connectivity index (χ4v) is 3.49. The Morgan fingerprint density at radius 3 is 2.24 bits per heavy atom. The largest absolute Gasteiger partial charge is 0.493 e. The first-order valence-electron chi connectivity index (χ1n) is 9.56. The van der Waals surface area contributed by atoms with Gasteiger partial charge in [0, 0.05) is 4.90 Å². The van der Waals surface area contributed by atoms with Crippen LogP contribution in [0.3, 0.4) is 0 Å². The molecule has 158 valence electrons. The molecule has 1 amide bonds. The Hall–Kier alpha value is -2.54. The molecular weight excluding hydrogens is 390 g/mol. The van der Waals surface area contributed by atoms with Gasteiger partial charge < -0.3 is 24.3 Å². The van der Waals surface area contributed by atoms with Gasteiger partial charge in [-0.25, -0.2) is 0 Å². The average Bonchev–Trinajstić information content (AvgIpc) is 2.73. The number of hydrogen-bond acceptors (Lipinski definition) is 6. The molecule has 0 aromatic heterocycles. The smallest absolute Gasteiger partial charge is 0.230 e. The zero-order valence-electron chi connectivity index (χ0n) is 17.6. The van der Waals surface area contributed by atoms with Gasteiger partial charge in [-0.15, -0.1) is 11.8 Å². The molecule has 2 aromatic carbocycles. The van der Waals surface area contributed by atoms with E-state index in [9.17, 15) is 4.79 Å². The van der Waals surface area contributed by atoms with Crippen LogP contribution in [0.25, 0.3) is 0 Å². The van der Waals surface area contributed by atoms with Gasteiger partial charge in [0.25, 0.3) is 0 Å². The third-order valence-electron chi connectivity index (χ3n) is 4.17. The van der Waals surface area contributed by atoms with E-state index < -0.39 is 0 Å². The van der Waals surface area contributed by atoms with Gasteiger partial charge in [0.15, 0.2) is 23.0 Å². The maximum Gasteiger partial charge on any atom is 0.230 e. The van der Waals surface area contributed by atoms with E-state index in [0.29, 0.717) is 42.0 Å². The lowest BCUT2D eigenvalue weighted by Crippen LogP contribution is -2.28. The minimum Gasteiger partial charge on any atom is -0.493 e. The zero-order valence-corrected chi connectivity index (χ0v) is 18.4. The van der Waals surface area contributed by atoms with Gasteiger partial charge in [0.1, 0.15) is 0 Å². The SMILES string of the molecule is CCOc1ccc([C@H](C)NC(=O)CSc2ccc(OC)c(OC)c2)cc1OCC. The van der Waals surface area contributed by atoms with Crippen LogP contribution in [0, 0.1) is 0 Å². The second-order valence-electron chi connectivity index (χ2n) is 6.17. The predicted octanol–water partition coefficient (Wildman–Crippen LogP) is 4.47. The number of amides is 1. The van der Waals surface area contributed by atoms with E-state index in [1.165, 1.54) is 11.8 Å². The summed E-state index contributed by atoms with van der Waals surface area (Å²) in [6.45, 7) is 6.93. The first-order valence-corrected chi connectivity index (χ1v) is 10.5. The molecule has 0 aliphatic carbocycles. The Balaban J connectivity index is 1.97. The number of benzene rings is 2. The summed E-state index contributed by atoms with van der Waals surface area (Å²) in [4.78, 5) is 13.3. The van der Waals surface area contributed by atoms with Crippen LogP contribution in [0.15, 0.2) is 41.3 Å². The van der Waals surface area contributed by atoms with Crippen molar-refractivity contribution in [1.82, 2.24) is 5.32 Å². The van der Waals surface area contributed by atoms with Crippen molar-refractivity contribution in [2.24, 2.45) is 0 Å². The second kappa shape index (κ2) is 11.5. The van der Waals surface area contributed by atoms with E-state index in [1.54, 1.807) is 14.2 Å². The molecule has 7 heteroatoms. The van der Waals surface area contributed by atoms with Crippen molar-refractivity contribution in [2.45, 2.75) is 31.7 Å². The van der Waals surface area contributed by atoms with Crippen LogP contribution >= 0.6 is 11.8 Å². The summed E-state index contributed by atoms with van der Waals surface area (Å²) in [6.07, 6.45) is 0. The normalized spacial score (nSPS) is 11.5. The number of hydrogen-bond donors (Lipinski definition) is 1. The van der Waals surface area contributed by atoms with Crippen LogP contribution in [-0.2, 0) is 4.79 Å². The van der Waals surface area contributed by atoms with E-state index in [1.807, 2.05) is 57.2 Å². The number of carbonyl (C=O) groups excluding carboxylic acids is 1. The molecule has 0 saturated heterocycles. The number of nitrogens with one attached hydrogen (secondary N) is 1. The topological polar surface area (TPSA) is 66.0 Å². The van der Waals surface area contributed by atoms with Gasteiger partial charge in [0.2, 0.25) is 5.91 Å². The number of thioether (sulfide) groups is 1. The molecule has 0 aliphatic rings. The number of methoxy groups -OCH3 is 2. The Labute approximate surface area is 176 Å². The fraction of sp³-hybridized carbons (Fsp3) is 0.409. The molecule has 0 heterocycles. The molecule has 0 fully saturated rings. The van der Waals surface area contributed by atoms with Crippen molar-refractivity contribution in [3.8, 4) is 23.0 Å². The molecule has 1 N–H and O–H groups in total. The van der Waals surface area contributed by atoms with E-state index in [0.717, 1.165) is 10.5 Å². The highest BCUT2D eigenvalue weighted by Crippen LogP contribution is 2.32. The van der Waals surface area contributed by atoms with E-state index in [4.69, 9.17) is 18.9 Å². The summed E-state index contributed by atoms with van der Waals surface area (Å²) in [5, 5.41) is 3.03. The lowest BCUT2D eigenvalue weighted by atomic mass is 10.1. The average molecular weight is 420 g/mol. The van der Waals surface area contributed by atoms with Crippen LogP contribution in [0.2, 0.25) is 0 Å². The summed E-state index contributed by atoms with van der Waals surface area (Å²) < 4.78 is 21.8. The standard InChI is InChI=1S/C22H29NO5S/c1-6-27-19-10-8-16(12-21(19)28-7-2)15(3)23-22(24)14-29-17-9-11-18(25-4)20(13-17)26-5/h8-13,15H,6-7,14H2,1-5H3,(H,23,24)/t15-/m0/s1.